The molecule has 1 aliphatic carbocycles. The highest BCUT2D eigenvalue weighted by molar-refractivity contribution is 5.92. The van der Waals surface area contributed by atoms with Gasteiger partial charge in [-0.3, -0.25) is 9.59 Å². The van der Waals surface area contributed by atoms with E-state index in [9.17, 15) is 14.0 Å². The van der Waals surface area contributed by atoms with Gasteiger partial charge in [0.15, 0.2) is 5.82 Å². The number of amides is 1. The normalized spacial score (nSPS) is 15.7. The molecule has 8 nitrogen and oxygen atoms in total. The Kier molecular flexibility index (Phi) is 5.38. The molecule has 0 atom stereocenters. The fourth-order valence-electron chi connectivity index (χ4n) is 4.26. The van der Waals surface area contributed by atoms with Gasteiger partial charge in [-0.15, -0.1) is 5.10 Å². The predicted octanol–water partition coefficient (Wildman–Crippen LogP) is 1.67. The molecular formula is C23H23FN6O2. The molecule has 0 unspecified atom stereocenters. The van der Waals surface area contributed by atoms with Crippen molar-refractivity contribution in [1.82, 2.24) is 24.9 Å². The van der Waals surface area contributed by atoms with Gasteiger partial charge >= 0.3 is 0 Å². The monoisotopic (exact) mass is 434 g/mol. The molecule has 3 aromatic rings. The van der Waals surface area contributed by atoms with E-state index in [1.54, 1.807) is 17.0 Å². The van der Waals surface area contributed by atoms with Crippen LogP contribution in [0.15, 0.2) is 47.3 Å². The minimum atomic E-state index is -0.381. The Morgan fingerprint density at radius 2 is 1.84 bits per heavy atom. The van der Waals surface area contributed by atoms with Crippen molar-refractivity contribution in [1.29, 1.82) is 0 Å². The van der Waals surface area contributed by atoms with Gasteiger partial charge in [0.25, 0.3) is 11.5 Å². The van der Waals surface area contributed by atoms with Crippen LogP contribution in [0.25, 0.3) is 0 Å². The number of carbonyl (C=O) groups is 1. The van der Waals surface area contributed by atoms with Crippen molar-refractivity contribution in [2.24, 2.45) is 0 Å². The minimum Gasteiger partial charge on any atom is -0.352 e. The SMILES string of the molecule is O=C(c1ccc(=O)n(Cc2cccc(F)c2)n1)N1CCN(c2cc3c(nn2)CCC3)CC1. The van der Waals surface area contributed by atoms with Crippen molar-refractivity contribution >= 4 is 11.7 Å². The number of carbonyl (C=O) groups excluding carboxylic acids is 1. The van der Waals surface area contributed by atoms with E-state index in [1.165, 1.54) is 34.5 Å². The molecule has 0 radical (unpaired) electrons. The van der Waals surface area contributed by atoms with Gasteiger partial charge in [0.2, 0.25) is 0 Å². The van der Waals surface area contributed by atoms with Gasteiger partial charge in [0.1, 0.15) is 11.5 Å². The summed E-state index contributed by atoms with van der Waals surface area (Å²) >= 11 is 0. The number of hydrogen-bond donors (Lipinski definition) is 0. The average molecular weight is 434 g/mol. The standard InChI is InChI=1S/C23H23FN6O2/c24-18-5-1-3-16(13-18)15-30-22(31)8-7-20(27-30)23(32)29-11-9-28(10-12-29)21-14-17-4-2-6-19(17)25-26-21/h1,3,5,7-8,13-14H,2,4,6,9-12,15H2. The van der Waals surface area contributed by atoms with Gasteiger partial charge < -0.3 is 9.80 Å². The first kappa shape index (κ1) is 20.3. The summed E-state index contributed by atoms with van der Waals surface area (Å²) in [7, 11) is 0. The molecule has 1 aliphatic heterocycles. The molecule has 0 spiro atoms. The van der Waals surface area contributed by atoms with Crippen LogP contribution in [0.5, 0.6) is 0 Å². The third kappa shape index (κ3) is 4.10. The van der Waals surface area contributed by atoms with Crippen LogP contribution >= 0.6 is 0 Å². The van der Waals surface area contributed by atoms with Gasteiger partial charge in [-0.05, 0) is 54.7 Å². The quantitative estimate of drug-likeness (QED) is 0.621. The van der Waals surface area contributed by atoms with E-state index in [-0.39, 0.29) is 29.5 Å². The highest BCUT2D eigenvalue weighted by Gasteiger charge is 2.25. The Labute approximate surface area is 184 Å². The molecule has 0 saturated carbocycles. The number of piperazine rings is 1. The summed E-state index contributed by atoms with van der Waals surface area (Å²) in [5, 5.41) is 13.0. The van der Waals surface area contributed by atoms with Crippen LogP contribution in [-0.4, -0.2) is 57.0 Å². The molecule has 164 valence electrons. The Hall–Kier alpha value is -3.62. The summed E-state index contributed by atoms with van der Waals surface area (Å²) in [5.74, 6) is 0.255. The molecule has 2 aromatic heterocycles. The number of fused-ring (bicyclic) bond motifs is 1. The molecule has 1 fully saturated rings. The van der Waals surface area contributed by atoms with E-state index in [0.717, 1.165) is 30.8 Å². The van der Waals surface area contributed by atoms with Crippen molar-refractivity contribution in [2.75, 3.05) is 31.1 Å². The molecule has 1 saturated heterocycles. The lowest BCUT2D eigenvalue weighted by molar-refractivity contribution is 0.0737. The van der Waals surface area contributed by atoms with Crippen LogP contribution in [0.4, 0.5) is 10.2 Å². The molecule has 32 heavy (non-hydrogen) atoms. The largest absolute Gasteiger partial charge is 0.352 e. The van der Waals surface area contributed by atoms with E-state index in [2.05, 4.69) is 26.3 Å². The molecule has 0 bridgehead atoms. The second-order valence-electron chi connectivity index (χ2n) is 8.15. The highest BCUT2D eigenvalue weighted by atomic mass is 19.1. The first-order valence-corrected chi connectivity index (χ1v) is 10.8. The number of nitrogens with zero attached hydrogens (tertiary/aromatic N) is 6. The van der Waals surface area contributed by atoms with Crippen LogP contribution in [0, 0.1) is 5.82 Å². The van der Waals surface area contributed by atoms with Gasteiger partial charge in [-0.1, -0.05) is 12.1 Å². The zero-order chi connectivity index (χ0) is 22.1. The number of rotatable bonds is 4. The van der Waals surface area contributed by atoms with Crippen molar-refractivity contribution in [3.63, 3.8) is 0 Å². The lowest BCUT2D eigenvalue weighted by atomic mass is 10.2. The Balaban J connectivity index is 1.26. The Bertz CT molecular complexity index is 1220. The predicted molar refractivity (Wildman–Crippen MR) is 116 cm³/mol. The maximum atomic E-state index is 13.5. The average Bonchev–Trinajstić information content (AvgIpc) is 3.28. The molecule has 0 N–H and O–H groups in total. The molecule has 1 aromatic carbocycles. The van der Waals surface area contributed by atoms with Gasteiger partial charge in [0.05, 0.1) is 12.2 Å². The number of halogens is 1. The molecule has 2 aliphatic rings. The number of benzene rings is 1. The molecule has 1 amide bonds. The third-order valence-electron chi connectivity index (χ3n) is 6.00. The summed E-state index contributed by atoms with van der Waals surface area (Å²) in [6.07, 6.45) is 3.18. The highest BCUT2D eigenvalue weighted by Crippen LogP contribution is 2.23. The summed E-state index contributed by atoms with van der Waals surface area (Å²) < 4.78 is 14.7. The topological polar surface area (TPSA) is 84.2 Å². The summed E-state index contributed by atoms with van der Waals surface area (Å²) in [4.78, 5) is 29.1. The van der Waals surface area contributed by atoms with E-state index in [4.69, 9.17) is 0 Å². The van der Waals surface area contributed by atoms with Crippen molar-refractivity contribution in [2.45, 2.75) is 25.8 Å². The maximum absolute atomic E-state index is 13.5. The van der Waals surface area contributed by atoms with Crippen LogP contribution in [0.2, 0.25) is 0 Å². The smallest absolute Gasteiger partial charge is 0.274 e. The number of hydrogen-bond acceptors (Lipinski definition) is 6. The zero-order valence-corrected chi connectivity index (χ0v) is 17.6. The van der Waals surface area contributed by atoms with Crippen molar-refractivity contribution in [3.8, 4) is 0 Å². The van der Waals surface area contributed by atoms with Gasteiger partial charge in [-0.25, -0.2) is 9.07 Å². The van der Waals surface area contributed by atoms with Crippen molar-refractivity contribution < 1.29 is 9.18 Å². The minimum absolute atomic E-state index is 0.0997. The van der Waals surface area contributed by atoms with Crippen LogP contribution in [0.1, 0.15) is 33.7 Å². The van der Waals surface area contributed by atoms with E-state index >= 15 is 0 Å². The second kappa shape index (κ2) is 8.49. The number of aromatic nitrogens is 4. The lowest BCUT2D eigenvalue weighted by Gasteiger charge is -2.35. The lowest BCUT2D eigenvalue weighted by Crippen LogP contribution is -2.49. The van der Waals surface area contributed by atoms with Crippen molar-refractivity contribution in [3.05, 3.63) is 81.2 Å². The molecule has 3 heterocycles. The van der Waals surface area contributed by atoms with E-state index in [1.807, 2.05) is 0 Å². The second-order valence-corrected chi connectivity index (χ2v) is 8.15. The first-order valence-electron chi connectivity index (χ1n) is 10.8. The number of aryl methyl sites for hydroxylation is 2. The van der Waals surface area contributed by atoms with Crippen LogP contribution < -0.4 is 10.5 Å². The third-order valence-corrected chi connectivity index (χ3v) is 6.00. The van der Waals surface area contributed by atoms with E-state index in [0.29, 0.717) is 31.7 Å². The first-order chi connectivity index (χ1) is 15.6. The zero-order valence-electron chi connectivity index (χ0n) is 17.6. The van der Waals surface area contributed by atoms with Gasteiger partial charge in [-0.2, -0.15) is 10.2 Å². The summed E-state index contributed by atoms with van der Waals surface area (Å²) in [5.41, 5.74) is 2.84. The molecular weight excluding hydrogens is 411 g/mol. The molecule has 5 rings (SSSR count). The fraction of sp³-hybridized carbons (Fsp3) is 0.348. The van der Waals surface area contributed by atoms with Crippen LogP contribution in [-0.2, 0) is 19.4 Å². The van der Waals surface area contributed by atoms with E-state index < -0.39 is 0 Å². The Morgan fingerprint density at radius 1 is 1.00 bits per heavy atom. The fourth-order valence-corrected chi connectivity index (χ4v) is 4.26. The summed E-state index contributed by atoms with van der Waals surface area (Å²) in [6, 6.07) is 10.9. The van der Waals surface area contributed by atoms with Crippen LogP contribution in [0.3, 0.4) is 0 Å². The summed E-state index contributed by atoms with van der Waals surface area (Å²) in [6.45, 7) is 2.47. The Morgan fingerprint density at radius 3 is 2.66 bits per heavy atom. The number of anilines is 1. The van der Waals surface area contributed by atoms with Gasteiger partial charge in [0, 0.05) is 32.2 Å². The maximum Gasteiger partial charge on any atom is 0.274 e. The molecule has 9 heteroatoms.